The van der Waals surface area contributed by atoms with Gasteiger partial charge < -0.3 is 9.94 Å². The molecule has 0 bridgehead atoms. The molecule has 0 fully saturated rings. The van der Waals surface area contributed by atoms with Crippen LogP contribution in [0.2, 0.25) is 5.02 Å². The van der Waals surface area contributed by atoms with Crippen molar-refractivity contribution in [2.24, 2.45) is 0 Å². The van der Waals surface area contributed by atoms with Gasteiger partial charge in [-0.2, -0.15) is 37.2 Å². The minimum atomic E-state index is -3.04. The van der Waals surface area contributed by atoms with E-state index in [1.165, 1.54) is 58.4 Å². The summed E-state index contributed by atoms with van der Waals surface area (Å²) in [6.45, 7) is -6.32. The number of nitrogens with zero attached hydrogens (tertiary/aromatic N) is 9. The van der Waals surface area contributed by atoms with Crippen molar-refractivity contribution in [3.63, 3.8) is 0 Å². The molecule has 0 aliphatic heterocycles. The first-order valence-corrected chi connectivity index (χ1v) is 11.8. The molecule has 0 aliphatic rings. The zero-order valence-electron chi connectivity index (χ0n) is 20.0. The average Bonchev–Trinajstić information content (AvgIpc) is 3.70. The number of halogens is 6. The highest BCUT2D eigenvalue weighted by Gasteiger charge is 2.26. The fourth-order valence-corrected chi connectivity index (χ4v) is 4.26. The highest BCUT2D eigenvalue weighted by Crippen LogP contribution is 2.33. The van der Waals surface area contributed by atoms with Crippen LogP contribution >= 0.6 is 11.6 Å². The first kappa shape index (κ1) is 27.1. The van der Waals surface area contributed by atoms with Crippen molar-refractivity contribution in [3.8, 4) is 28.1 Å². The van der Waals surface area contributed by atoms with E-state index in [2.05, 4.69) is 30.5 Å². The lowest BCUT2D eigenvalue weighted by Crippen LogP contribution is -2.36. The van der Waals surface area contributed by atoms with E-state index in [1.54, 1.807) is 0 Å². The molecule has 0 spiro atoms. The summed E-state index contributed by atoms with van der Waals surface area (Å²) in [4.78, 5) is 0. The van der Waals surface area contributed by atoms with E-state index < -0.39 is 31.6 Å². The molecule has 208 valence electrons. The van der Waals surface area contributed by atoms with Crippen LogP contribution in [0.1, 0.15) is 24.7 Å². The maximum absolute atomic E-state index is 15.2. The molecule has 17 heteroatoms. The van der Waals surface area contributed by atoms with E-state index in [0.717, 1.165) is 12.4 Å². The van der Waals surface area contributed by atoms with E-state index >= 15 is 4.39 Å². The number of hydrogen-bond acceptors (Lipinski definition) is 7. The fourth-order valence-electron chi connectivity index (χ4n) is 4.10. The molecule has 0 saturated carbocycles. The van der Waals surface area contributed by atoms with Crippen molar-refractivity contribution >= 4 is 11.6 Å². The van der Waals surface area contributed by atoms with Crippen molar-refractivity contribution in [2.75, 3.05) is 6.61 Å². The largest absolute Gasteiger partial charge is 0.618 e. The molecule has 0 N–H and O–H groups in total. The number of alkyl halides is 4. The van der Waals surface area contributed by atoms with Gasteiger partial charge in [-0.05, 0) is 34.7 Å². The van der Waals surface area contributed by atoms with Crippen LogP contribution in [0.3, 0.4) is 0 Å². The Balaban J connectivity index is 1.52. The van der Waals surface area contributed by atoms with Gasteiger partial charge in [-0.1, -0.05) is 11.6 Å². The molecule has 5 aromatic rings. The molecule has 1 aromatic carbocycles. The smallest absolute Gasteiger partial charge is 0.345 e. The van der Waals surface area contributed by atoms with Crippen molar-refractivity contribution < 1.29 is 31.4 Å². The van der Waals surface area contributed by atoms with Crippen molar-refractivity contribution in [3.05, 3.63) is 83.2 Å². The first-order valence-electron chi connectivity index (χ1n) is 11.5. The minimum Gasteiger partial charge on any atom is -0.618 e. The Morgan fingerprint density at radius 2 is 1.88 bits per heavy atom. The van der Waals surface area contributed by atoms with Crippen LogP contribution in [0.5, 0.6) is 0 Å². The van der Waals surface area contributed by atoms with Gasteiger partial charge in [0.05, 0.1) is 40.3 Å². The first-order chi connectivity index (χ1) is 19.2. The van der Waals surface area contributed by atoms with Gasteiger partial charge >= 0.3 is 13.2 Å². The van der Waals surface area contributed by atoms with Gasteiger partial charge in [-0.15, -0.1) is 5.10 Å². The molecule has 0 aliphatic carbocycles. The zero-order chi connectivity index (χ0) is 28.4. The van der Waals surface area contributed by atoms with Crippen LogP contribution < -0.4 is 4.73 Å². The molecule has 1 unspecified atom stereocenters. The van der Waals surface area contributed by atoms with Crippen LogP contribution in [0.25, 0.3) is 28.1 Å². The Hall–Kier alpha value is -4.44. The Morgan fingerprint density at radius 3 is 2.55 bits per heavy atom. The number of rotatable bonds is 10. The van der Waals surface area contributed by atoms with Crippen LogP contribution in [0.4, 0.5) is 22.0 Å². The zero-order valence-corrected chi connectivity index (χ0v) is 20.8. The number of tetrazole rings is 1. The van der Waals surface area contributed by atoms with Crippen LogP contribution in [-0.2, 0) is 4.74 Å². The Kier molecular flexibility index (Phi) is 7.70. The summed E-state index contributed by atoms with van der Waals surface area (Å²) in [5, 5.41) is 31.9. The van der Waals surface area contributed by atoms with Gasteiger partial charge in [0.1, 0.15) is 12.4 Å². The maximum Gasteiger partial charge on any atom is 0.345 e. The molecular weight excluding hydrogens is 565 g/mol. The van der Waals surface area contributed by atoms with E-state index in [9.17, 15) is 22.8 Å². The normalized spacial score (nSPS) is 12.5. The number of ether oxygens (including phenoxy) is 1. The summed E-state index contributed by atoms with van der Waals surface area (Å²) in [6, 6.07) is 6.04. The standard InChI is InChI=1S/C23H17ClF5N9O2/c24-15-2-4-19(37-12-30-33-34-37)20(21(15)25)13-1-3-18(38(39)11-13)17(6-8-40-23(28)29)36-10-14(9-31-36)16-5-7-35(32-16)22(26)27/h1-5,7,9-12,17,22-23H,6,8H2. The van der Waals surface area contributed by atoms with Gasteiger partial charge in [0, 0.05) is 30.4 Å². The number of aromatic nitrogens is 9. The molecule has 1 atom stereocenters. The fraction of sp³-hybridized carbons (Fsp3) is 0.217. The average molecular weight is 582 g/mol. The summed E-state index contributed by atoms with van der Waals surface area (Å²) >= 11 is 6.00. The van der Waals surface area contributed by atoms with Gasteiger partial charge in [-0.3, -0.25) is 4.68 Å². The second kappa shape index (κ2) is 11.4. The van der Waals surface area contributed by atoms with Crippen molar-refractivity contribution in [1.29, 1.82) is 0 Å². The monoisotopic (exact) mass is 581 g/mol. The number of pyridine rings is 1. The molecule has 0 radical (unpaired) electrons. The lowest BCUT2D eigenvalue weighted by Gasteiger charge is -2.18. The molecule has 11 nitrogen and oxygen atoms in total. The lowest BCUT2D eigenvalue weighted by molar-refractivity contribution is -0.615. The van der Waals surface area contributed by atoms with Crippen molar-refractivity contribution in [2.45, 2.75) is 25.6 Å². The number of benzene rings is 1. The van der Waals surface area contributed by atoms with Crippen molar-refractivity contribution in [1.82, 2.24) is 39.8 Å². The van der Waals surface area contributed by atoms with Crippen LogP contribution in [0.15, 0.2) is 61.4 Å². The molecular formula is C23H17ClF5N9O2. The highest BCUT2D eigenvalue weighted by atomic mass is 35.5. The van der Waals surface area contributed by atoms with E-state index in [-0.39, 0.29) is 39.6 Å². The highest BCUT2D eigenvalue weighted by molar-refractivity contribution is 6.31. The van der Waals surface area contributed by atoms with Gasteiger partial charge in [0.15, 0.2) is 12.0 Å². The molecule has 0 saturated heterocycles. The molecule has 4 aromatic heterocycles. The molecule has 40 heavy (non-hydrogen) atoms. The van der Waals surface area contributed by atoms with Crippen LogP contribution in [0, 0.1) is 11.0 Å². The lowest BCUT2D eigenvalue weighted by atomic mass is 10.0. The summed E-state index contributed by atoms with van der Waals surface area (Å²) in [7, 11) is 0. The summed E-state index contributed by atoms with van der Waals surface area (Å²) < 4.78 is 74.2. The quantitative estimate of drug-likeness (QED) is 0.136. The Labute approximate surface area is 226 Å². The third-order valence-electron chi connectivity index (χ3n) is 5.90. The molecule has 5 rings (SSSR count). The van der Waals surface area contributed by atoms with Gasteiger partial charge in [-0.25, -0.2) is 9.07 Å². The third-order valence-corrected chi connectivity index (χ3v) is 6.20. The van der Waals surface area contributed by atoms with E-state index in [0.29, 0.717) is 15.0 Å². The third kappa shape index (κ3) is 5.48. The van der Waals surface area contributed by atoms with Crippen LogP contribution in [-0.4, -0.2) is 53.0 Å². The van der Waals surface area contributed by atoms with Gasteiger partial charge in [0.2, 0.25) is 5.69 Å². The predicted octanol–water partition coefficient (Wildman–Crippen LogP) is 4.43. The predicted molar refractivity (Wildman–Crippen MR) is 128 cm³/mol. The second-order valence-electron chi connectivity index (χ2n) is 8.28. The molecule has 4 heterocycles. The topological polar surface area (TPSA) is 115 Å². The minimum absolute atomic E-state index is 0.0514. The summed E-state index contributed by atoms with van der Waals surface area (Å²) in [5.41, 5.74) is 0.878. The van der Waals surface area contributed by atoms with E-state index in [4.69, 9.17) is 11.6 Å². The molecule has 0 amide bonds. The number of hydrogen-bond donors (Lipinski definition) is 0. The SMILES string of the molecule is [O-][n+]1cc(-c2c(-n3cnnn3)ccc(Cl)c2F)ccc1C(CCOC(F)F)n1cc(-c2ccn(C(F)F)n2)cn1. The maximum atomic E-state index is 15.2. The Bertz CT molecular complexity index is 1610. The van der Waals surface area contributed by atoms with E-state index in [1.807, 2.05) is 0 Å². The second-order valence-corrected chi connectivity index (χ2v) is 8.69. The Morgan fingerprint density at radius 1 is 1.05 bits per heavy atom. The van der Waals surface area contributed by atoms with Gasteiger partial charge in [0.25, 0.3) is 0 Å². The summed E-state index contributed by atoms with van der Waals surface area (Å²) in [6.07, 6.45) is 6.08. The summed E-state index contributed by atoms with van der Waals surface area (Å²) in [5.74, 6) is -0.816.